The summed E-state index contributed by atoms with van der Waals surface area (Å²) in [6.07, 6.45) is 0. The summed E-state index contributed by atoms with van der Waals surface area (Å²) < 4.78 is 73.1. The minimum atomic E-state index is -5.85. The van der Waals surface area contributed by atoms with Crippen molar-refractivity contribution in [3.05, 3.63) is 33.9 Å². The van der Waals surface area contributed by atoms with Crippen molar-refractivity contribution < 1.29 is 27.0 Å². The molecule has 1 aromatic rings. The molecule has 0 amide bonds. The fourth-order valence-electron chi connectivity index (χ4n) is 0.659. The molecule has 1 rings (SSSR count). The van der Waals surface area contributed by atoms with Gasteiger partial charge >= 0.3 is 97.3 Å². The van der Waals surface area contributed by atoms with Crippen molar-refractivity contribution in [2.45, 2.75) is 5.51 Å². The van der Waals surface area contributed by atoms with E-state index < -0.39 is 36.4 Å². The predicted molar refractivity (Wildman–Crippen MR) is 56.3 cm³/mol. The van der Waals surface area contributed by atoms with Crippen LogP contribution < -0.4 is 0 Å². The van der Waals surface area contributed by atoms with Gasteiger partial charge in [0, 0.05) is 0 Å². The van der Waals surface area contributed by atoms with Crippen LogP contribution in [0.25, 0.3) is 0 Å². The normalized spacial score (nSPS) is 13.6. The molecule has 92 valence electrons. The first kappa shape index (κ1) is 13.6. The Morgan fingerprint density at radius 3 is 2.06 bits per heavy atom. The molecule has 0 spiro atoms. The Hall–Kier alpha value is -0.420. The van der Waals surface area contributed by atoms with E-state index in [9.17, 15) is 24.4 Å². The van der Waals surface area contributed by atoms with Gasteiger partial charge in [-0.3, -0.25) is 0 Å². The molecule has 3 nitrogen and oxygen atoms in total. The standard InChI is InChI=1S/C7H5F4IO3S/c8-7(9,10)16(13,14)15-12(11)6-4-2-1-3-5-6/h1-5H. The Morgan fingerprint density at radius 2 is 1.62 bits per heavy atom. The van der Waals surface area contributed by atoms with Gasteiger partial charge in [-0.25, -0.2) is 0 Å². The summed E-state index contributed by atoms with van der Waals surface area (Å²) >= 11 is -4.27. The summed E-state index contributed by atoms with van der Waals surface area (Å²) in [7, 11) is -5.85. The molecular formula is C7H5F4IO3S. The van der Waals surface area contributed by atoms with Gasteiger partial charge in [0.25, 0.3) is 0 Å². The van der Waals surface area contributed by atoms with Crippen molar-refractivity contribution in [1.82, 2.24) is 0 Å². The van der Waals surface area contributed by atoms with E-state index in [0.717, 1.165) is 0 Å². The van der Waals surface area contributed by atoms with Crippen molar-refractivity contribution in [3.8, 4) is 0 Å². The molecule has 0 aliphatic carbocycles. The number of hydrogen-bond donors (Lipinski definition) is 0. The van der Waals surface area contributed by atoms with Crippen molar-refractivity contribution in [2.75, 3.05) is 0 Å². The third-order valence-corrected chi connectivity index (χ3v) is 6.24. The molecule has 0 N–H and O–H groups in total. The third kappa shape index (κ3) is 3.28. The van der Waals surface area contributed by atoms with Gasteiger partial charge in [-0.2, -0.15) is 0 Å². The van der Waals surface area contributed by atoms with Crippen LogP contribution in [0.3, 0.4) is 0 Å². The van der Waals surface area contributed by atoms with Crippen LogP contribution in [0.1, 0.15) is 0 Å². The van der Waals surface area contributed by atoms with Crippen LogP contribution in [0, 0.1) is 3.57 Å². The zero-order valence-electron chi connectivity index (χ0n) is 7.41. The van der Waals surface area contributed by atoms with Crippen molar-refractivity contribution in [2.24, 2.45) is 0 Å². The maximum absolute atomic E-state index is 13.2. The van der Waals surface area contributed by atoms with Crippen LogP contribution in [0.15, 0.2) is 30.3 Å². The molecule has 0 saturated carbocycles. The number of alkyl halides is 3. The summed E-state index contributed by atoms with van der Waals surface area (Å²) in [5.41, 5.74) is -5.59. The van der Waals surface area contributed by atoms with Gasteiger partial charge in [0.15, 0.2) is 0 Å². The molecule has 0 aliphatic heterocycles. The van der Waals surface area contributed by atoms with Gasteiger partial charge in [0.1, 0.15) is 0 Å². The zero-order chi connectivity index (χ0) is 12.4. The van der Waals surface area contributed by atoms with Crippen LogP contribution >= 0.6 is 20.8 Å². The predicted octanol–water partition coefficient (Wildman–Crippen LogP) is 3.03. The van der Waals surface area contributed by atoms with Crippen molar-refractivity contribution in [1.29, 1.82) is 0 Å². The van der Waals surface area contributed by atoms with Gasteiger partial charge in [0.2, 0.25) is 0 Å². The fourth-order valence-corrected chi connectivity index (χ4v) is 4.41. The second-order valence-corrected chi connectivity index (χ2v) is 7.47. The summed E-state index contributed by atoms with van der Waals surface area (Å²) in [5, 5.41) is 0. The molecule has 9 heteroatoms. The monoisotopic (exact) mass is 372 g/mol. The van der Waals surface area contributed by atoms with Crippen LogP contribution in [0.5, 0.6) is 0 Å². The van der Waals surface area contributed by atoms with E-state index >= 15 is 0 Å². The Labute approximate surface area is 97.2 Å². The van der Waals surface area contributed by atoms with E-state index in [0.29, 0.717) is 0 Å². The molecule has 0 bridgehead atoms. The maximum atomic E-state index is 13.2. The van der Waals surface area contributed by atoms with E-state index in [1.54, 1.807) is 0 Å². The molecular weight excluding hydrogens is 367 g/mol. The fraction of sp³-hybridized carbons (Fsp3) is 0.143. The Morgan fingerprint density at radius 1 is 1.12 bits per heavy atom. The average Bonchev–Trinajstić information content (AvgIpc) is 2.16. The van der Waals surface area contributed by atoms with Gasteiger partial charge in [0.05, 0.1) is 0 Å². The first-order valence-corrected chi connectivity index (χ1v) is 7.85. The number of halogens is 5. The minimum absolute atomic E-state index is 0.153. The summed E-state index contributed by atoms with van der Waals surface area (Å²) in [6.45, 7) is 0. The van der Waals surface area contributed by atoms with Crippen molar-refractivity contribution >= 4 is 30.9 Å². The van der Waals surface area contributed by atoms with E-state index in [2.05, 4.69) is 2.51 Å². The van der Waals surface area contributed by atoms with Gasteiger partial charge in [-0.1, -0.05) is 0 Å². The molecule has 16 heavy (non-hydrogen) atoms. The second-order valence-electron chi connectivity index (χ2n) is 2.47. The molecule has 0 saturated heterocycles. The average molecular weight is 372 g/mol. The molecule has 1 aromatic carbocycles. The quantitative estimate of drug-likeness (QED) is 0.466. The number of hydrogen-bond acceptors (Lipinski definition) is 3. The molecule has 0 fully saturated rings. The van der Waals surface area contributed by atoms with Gasteiger partial charge < -0.3 is 0 Å². The van der Waals surface area contributed by atoms with E-state index in [1.165, 1.54) is 30.3 Å². The molecule has 0 heterocycles. The topological polar surface area (TPSA) is 43.4 Å². The van der Waals surface area contributed by atoms with Gasteiger partial charge in [-0.15, -0.1) is 0 Å². The SMILES string of the molecule is O=S(=O)(OI(F)c1ccccc1)C(F)(F)F. The van der Waals surface area contributed by atoms with E-state index in [1.807, 2.05) is 0 Å². The molecule has 0 radical (unpaired) electrons. The summed E-state index contributed by atoms with van der Waals surface area (Å²) in [5.74, 6) is 0. The van der Waals surface area contributed by atoms with Crippen LogP contribution in [-0.4, -0.2) is 13.9 Å². The molecule has 0 unspecified atom stereocenters. The van der Waals surface area contributed by atoms with Crippen molar-refractivity contribution in [3.63, 3.8) is 0 Å². The summed E-state index contributed by atoms with van der Waals surface area (Å²) in [6, 6.07) is 6.63. The van der Waals surface area contributed by atoms with E-state index in [4.69, 9.17) is 0 Å². The molecule has 0 aliphatic rings. The number of rotatable bonds is 3. The number of benzene rings is 1. The zero-order valence-corrected chi connectivity index (χ0v) is 10.4. The van der Waals surface area contributed by atoms with Crippen LogP contribution in [0.4, 0.5) is 16.0 Å². The Kier molecular flexibility index (Phi) is 4.12. The molecule has 0 atom stereocenters. The van der Waals surface area contributed by atoms with Gasteiger partial charge in [-0.05, 0) is 0 Å². The first-order chi connectivity index (χ1) is 7.24. The van der Waals surface area contributed by atoms with E-state index in [-0.39, 0.29) is 3.57 Å². The Balaban J connectivity index is 2.85. The third-order valence-electron chi connectivity index (χ3n) is 1.33. The summed E-state index contributed by atoms with van der Waals surface area (Å²) in [4.78, 5) is 0. The van der Waals surface area contributed by atoms with Crippen LogP contribution in [-0.2, 0) is 12.6 Å². The first-order valence-electron chi connectivity index (χ1n) is 3.67. The van der Waals surface area contributed by atoms with Crippen LogP contribution in [0.2, 0.25) is 0 Å². The second kappa shape index (κ2) is 4.84. The Bertz CT molecular complexity index is 444. The molecule has 0 aromatic heterocycles.